The van der Waals surface area contributed by atoms with E-state index in [0.717, 1.165) is 12.1 Å². The summed E-state index contributed by atoms with van der Waals surface area (Å²) in [7, 11) is 0. The number of hydrogen-bond acceptors (Lipinski definition) is 1. The number of H-pyrrole nitrogens is 1. The Hall–Kier alpha value is -3.35. The zero-order chi connectivity index (χ0) is 20.1. The summed E-state index contributed by atoms with van der Waals surface area (Å²) in [6.07, 6.45) is -3.52. The lowest BCUT2D eigenvalue weighted by Crippen LogP contribution is -2.08. The normalized spacial score (nSPS) is 15.0. The Morgan fingerprint density at radius 2 is 1.75 bits per heavy atom. The van der Waals surface area contributed by atoms with Gasteiger partial charge in [-0.1, -0.05) is 30.3 Å². The molecule has 3 aromatic rings. The van der Waals surface area contributed by atoms with Crippen LogP contribution in [0.25, 0.3) is 22.8 Å². The van der Waals surface area contributed by atoms with E-state index in [-0.39, 0.29) is 22.4 Å². The molecule has 7 heteroatoms. The molecule has 1 aromatic heterocycles. The van der Waals surface area contributed by atoms with E-state index in [0.29, 0.717) is 16.9 Å². The van der Waals surface area contributed by atoms with Crippen molar-refractivity contribution in [2.75, 3.05) is 5.32 Å². The molecule has 0 unspecified atom stereocenters. The van der Waals surface area contributed by atoms with Gasteiger partial charge in [0.25, 0.3) is 5.91 Å². The number of aromatic amines is 1. The van der Waals surface area contributed by atoms with Crippen LogP contribution in [0.4, 0.5) is 23.2 Å². The molecule has 0 spiro atoms. The van der Waals surface area contributed by atoms with E-state index < -0.39 is 23.5 Å². The van der Waals surface area contributed by atoms with Crippen LogP contribution in [0.1, 0.15) is 22.5 Å². The second kappa shape index (κ2) is 6.37. The third kappa shape index (κ3) is 2.98. The molecule has 0 fully saturated rings. The first kappa shape index (κ1) is 18.0. The highest BCUT2D eigenvalue weighted by molar-refractivity contribution is 6.34. The number of hydrogen-bond donors (Lipinski definition) is 2. The molecular weight excluding hydrogens is 372 g/mol. The summed E-state index contributed by atoms with van der Waals surface area (Å²) < 4.78 is 55.4. The van der Waals surface area contributed by atoms with Crippen LogP contribution in [-0.4, -0.2) is 10.9 Å². The molecule has 1 aliphatic heterocycles. The molecule has 4 rings (SSSR count). The molecule has 0 aliphatic carbocycles. The van der Waals surface area contributed by atoms with E-state index in [1.165, 1.54) is 12.1 Å². The average molecular weight is 386 g/mol. The van der Waals surface area contributed by atoms with Crippen molar-refractivity contribution in [3.63, 3.8) is 0 Å². The van der Waals surface area contributed by atoms with E-state index in [9.17, 15) is 22.4 Å². The maximum Gasteiger partial charge on any atom is 0.419 e. The Morgan fingerprint density at radius 1 is 1.04 bits per heavy atom. The van der Waals surface area contributed by atoms with Gasteiger partial charge < -0.3 is 10.3 Å². The maximum atomic E-state index is 13.9. The highest BCUT2D eigenvalue weighted by Crippen LogP contribution is 2.43. The Balaban J connectivity index is 1.94. The summed E-state index contributed by atoms with van der Waals surface area (Å²) in [4.78, 5) is 15.0. The van der Waals surface area contributed by atoms with Gasteiger partial charge in [-0.3, -0.25) is 4.79 Å². The minimum atomic E-state index is -4.65. The van der Waals surface area contributed by atoms with Crippen LogP contribution >= 0.6 is 0 Å². The third-order valence-corrected chi connectivity index (χ3v) is 4.62. The van der Waals surface area contributed by atoms with Crippen molar-refractivity contribution in [1.82, 2.24) is 4.98 Å². The van der Waals surface area contributed by atoms with Crippen molar-refractivity contribution in [2.24, 2.45) is 0 Å². The van der Waals surface area contributed by atoms with E-state index in [1.54, 1.807) is 37.3 Å². The first-order chi connectivity index (χ1) is 13.3. The number of carbonyl (C=O) groups is 1. The van der Waals surface area contributed by atoms with Gasteiger partial charge in [0, 0.05) is 22.5 Å². The Kier molecular flexibility index (Phi) is 4.10. The molecule has 0 radical (unpaired) electrons. The van der Waals surface area contributed by atoms with Gasteiger partial charge in [-0.05, 0) is 36.8 Å². The zero-order valence-electron chi connectivity index (χ0n) is 14.6. The number of carbonyl (C=O) groups excluding carboxylic acids is 1. The number of amides is 1. The maximum absolute atomic E-state index is 13.9. The first-order valence-corrected chi connectivity index (χ1v) is 8.44. The van der Waals surface area contributed by atoms with Gasteiger partial charge in [0.15, 0.2) is 0 Å². The molecule has 2 aromatic carbocycles. The molecular formula is C21H14F4N2O. The predicted octanol–water partition coefficient (Wildman–Crippen LogP) is 5.64. The largest absolute Gasteiger partial charge is 0.419 e. The lowest BCUT2D eigenvalue weighted by Gasteiger charge is -2.11. The summed E-state index contributed by atoms with van der Waals surface area (Å²) in [5.41, 5.74) is 0.217. The summed E-state index contributed by atoms with van der Waals surface area (Å²) in [5, 5.41) is 2.54. The fraction of sp³-hybridized carbons (Fsp3) is 0.0952. The summed E-state index contributed by atoms with van der Waals surface area (Å²) in [6.45, 7) is 1.54. The number of alkyl halides is 3. The molecule has 3 nitrogen and oxygen atoms in total. The summed E-state index contributed by atoms with van der Waals surface area (Å²) >= 11 is 0. The topological polar surface area (TPSA) is 44.9 Å². The standard InChI is InChI=1S/C21H14F4N2O/c1-11-18(12-5-3-2-4-6-12)19(21(23,24)25)17(26-11)10-15-14-9-13(22)7-8-16(14)27-20(15)28/h2-10,26H,1H3,(H,27,28)/b15-10-. The minimum Gasteiger partial charge on any atom is -0.358 e. The van der Waals surface area contributed by atoms with Crippen molar-refractivity contribution in [3.05, 3.63) is 76.9 Å². The summed E-state index contributed by atoms with van der Waals surface area (Å²) in [6, 6.07) is 11.9. The zero-order valence-corrected chi connectivity index (χ0v) is 14.6. The van der Waals surface area contributed by atoms with Crippen LogP contribution in [0, 0.1) is 12.7 Å². The Bertz CT molecular complexity index is 1110. The Labute approximate surface area is 157 Å². The van der Waals surface area contributed by atoms with Crippen molar-refractivity contribution >= 4 is 23.2 Å². The summed E-state index contributed by atoms with van der Waals surface area (Å²) in [5.74, 6) is -1.16. The van der Waals surface area contributed by atoms with Crippen molar-refractivity contribution in [1.29, 1.82) is 0 Å². The molecule has 28 heavy (non-hydrogen) atoms. The predicted molar refractivity (Wildman–Crippen MR) is 98.9 cm³/mol. The SMILES string of the molecule is Cc1[nH]c(/C=C2\C(=O)Nc3ccc(F)cc32)c(C(F)(F)F)c1-c1ccccc1. The van der Waals surface area contributed by atoms with Crippen molar-refractivity contribution in [2.45, 2.75) is 13.1 Å². The second-order valence-electron chi connectivity index (χ2n) is 6.48. The van der Waals surface area contributed by atoms with Gasteiger partial charge in [0.2, 0.25) is 0 Å². The molecule has 2 N–H and O–H groups in total. The highest BCUT2D eigenvalue weighted by Gasteiger charge is 2.39. The number of nitrogens with one attached hydrogen (secondary N) is 2. The van der Waals surface area contributed by atoms with Gasteiger partial charge in [-0.25, -0.2) is 4.39 Å². The quantitative estimate of drug-likeness (QED) is 0.434. The second-order valence-corrected chi connectivity index (χ2v) is 6.48. The van der Waals surface area contributed by atoms with E-state index in [4.69, 9.17) is 0 Å². The number of aromatic nitrogens is 1. The third-order valence-electron chi connectivity index (χ3n) is 4.62. The van der Waals surface area contributed by atoms with Crippen molar-refractivity contribution < 1.29 is 22.4 Å². The molecule has 0 saturated heterocycles. The number of aryl methyl sites for hydroxylation is 1. The molecule has 1 aliphatic rings. The molecule has 1 amide bonds. The molecule has 142 valence electrons. The number of fused-ring (bicyclic) bond motifs is 1. The van der Waals surface area contributed by atoms with Crippen LogP contribution in [0.15, 0.2) is 48.5 Å². The van der Waals surface area contributed by atoms with Crippen LogP contribution in [0.3, 0.4) is 0 Å². The first-order valence-electron chi connectivity index (χ1n) is 8.44. The van der Waals surface area contributed by atoms with Crippen LogP contribution in [-0.2, 0) is 11.0 Å². The lowest BCUT2D eigenvalue weighted by atomic mass is 9.98. The van der Waals surface area contributed by atoms with Crippen LogP contribution < -0.4 is 5.32 Å². The van der Waals surface area contributed by atoms with Crippen molar-refractivity contribution in [3.8, 4) is 11.1 Å². The van der Waals surface area contributed by atoms with E-state index in [2.05, 4.69) is 10.3 Å². The van der Waals surface area contributed by atoms with Crippen LogP contribution in [0.2, 0.25) is 0 Å². The smallest absolute Gasteiger partial charge is 0.358 e. The van der Waals surface area contributed by atoms with E-state index >= 15 is 0 Å². The number of rotatable bonds is 2. The lowest BCUT2D eigenvalue weighted by molar-refractivity contribution is -0.137. The monoisotopic (exact) mass is 386 g/mol. The van der Waals surface area contributed by atoms with Gasteiger partial charge in [-0.2, -0.15) is 13.2 Å². The molecule has 0 saturated carbocycles. The number of anilines is 1. The minimum absolute atomic E-state index is 0.0258. The van der Waals surface area contributed by atoms with E-state index in [1.807, 2.05) is 0 Å². The number of halogens is 4. The molecule has 0 bridgehead atoms. The fourth-order valence-corrected chi connectivity index (χ4v) is 3.47. The van der Waals surface area contributed by atoms with Gasteiger partial charge in [-0.15, -0.1) is 0 Å². The van der Waals surface area contributed by atoms with Gasteiger partial charge >= 0.3 is 6.18 Å². The van der Waals surface area contributed by atoms with Gasteiger partial charge in [0.1, 0.15) is 5.82 Å². The Morgan fingerprint density at radius 3 is 2.43 bits per heavy atom. The number of benzene rings is 2. The van der Waals surface area contributed by atoms with Crippen LogP contribution in [0.5, 0.6) is 0 Å². The van der Waals surface area contributed by atoms with Gasteiger partial charge in [0.05, 0.1) is 16.8 Å². The molecule has 2 heterocycles. The molecule has 0 atom stereocenters. The highest BCUT2D eigenvalue weighted by atomic mass is 19.4. The average Bonchev–Trinajstić information content (AvgIpc) is 3.13. The fourth-order valence-electron chi connectivity index (χ4n) is 3.47.